The Hall–Kier alpha value is -0.910. The molecule has 1 saturated heterocycles. The molecule has 0 aromatic heterocycles. The third-order valence-corrected chi connectivity index (χ3v) is 5.85. The second-order valence-electron chi connectivity index (χ2n) is 6.15. The summed E-state index contributed by atoms with van der Waals surface area (Å²) in [6.07, 6.45) is 5.16. The summed E-state index contributed by atoms with van der Waals surface area (Å²) in [7, 11) is 0. The van der Waals surface area contributed by atoms with Crippen molar-refractivity contribution in [1.29, 1.82) is 0 Å². The van der Waals surface area contributed by atoms with Crippen molar-refractivity contribution >= 4 is 23.5 Å². The number of amidine groups is 1. The predicted octanol–water partition coefficient (Wildman–Crippen LogP) is 2.72. The molecule has 6 heteroatoms. The maximum Gasteiger partial charge on any atom is 0.234 e. The van der Waals surface area contributed by atoms with Gasteiger partial charge in [0.2, 0.25) is 5.91 Å². The molecule has 4 N–H and O–H groups in total. The van der Waals surface area contributed by atoms with E-state index in [9.17, 15) is 4.79 Å². The normalized spacial score (nSPS) is 23.3. The Morgan fingerprint density at radius 3 is 2.48 bits per heavy atom. The number of oxime groups is 1. The van der Waals surface area contributed by atoms with Crippen LogP contribution in [0.1, 0.15) is 59.3 Å². The summed E-state index contributed by atoms with van der Waals surface area (Å²) in [5.74, 6) is 1.09. The van der Waals surface area contributed by atoms with Gasteiger partial charge in [-0.25, -0.2) is 0 Å². The number of rotatable bonds is 8. The molecule has 21 heavy (non-hydrogen) atoms. The minimum absolute atomic E-state index is 0.0351. The highest BCUT2D eigenvalue weighted by molar-refractivity contribution is 8.00. The third kappa shape index (κ3) is 4.28. The molecule has 0 aromatic rings. The number of nitrogens with zero attached hydrogens (tertiary/aromatic N) is 1. The molecular weight excluding hydrogens is 286 g/mol. The Kier molecular flexibility index (Phi) is 6.84. The number of carbonyl (C=O) groups excluding carboxylic acids is 1. The summed E-state index contributed by atoms with van der Waals surface area (Å²) in [6, 6.07) is 0. The minimum Gasteiger partial charge on any atom is -0.409 e. The lowest BCUT2D eigenvalue weighted by atomic mass is 9.77. The number of hydrogen-bond acceptors (Lipinski definition) is 4. The first-order valence-electron chi connectivity index (χ1n) is 7.84. The van der Waals surface area contributed by atoms with Gasteiger partial charge < -0.3 is 16.3 Å². The largest absolute Gasteiger partial charge is 0.409 e. The summed E-state index contributed by atoms with van der Waals surface area (Å²) < 4.78 is 0.116. The zero-order chi connectivity index (χ0) is 15.9. The molecule has 1 heterocycles. The van der Waals surface area contributed by atoms with Gasteiger partial charge in [0.05, 0.1) is 0 Å². The number of thioether (sulfide) groups is 1. The van der Waals surface area contributed by atoms with Gasteiger partial charge in [-0.1, -0.05) is 31.8 Å². The van der Waals surface area contributed by atoms with Crippen LogP contribution in [0.3, 0.4) is 0 Å². The molecule has 0 radical (unpaired) electrons. The van der Waals surface area contributed by atoms with Crippen LogP contribution in [0.4, 0.5) is 0 Å². The van der Waals surface area contributed by atoms with Crippen LogP contribution in [-0.2, 0) is 4.79 Å². The summed E-state index contributed by atoms with van der Waals surface area (Å²) in [5.41, 5.74) is 5.00. The Morgan fingerprint density at radius 1 is 1.43 bits per heavy atom. The van der Waals surface area contributed by atoms with Gasteiger partial charge in [-0.05, 0) is 38.4 Å². The highest BCUT2D eigenvalue weighted by Crippen LogP contribution is 2.37. The lowest BCUT2D eigenvalue weighted by Crippen LogP contribution is -2.52. The van der Waals surface area contributed by atoms with E-state index in [0.29, 0.717) is 19.4 Å². The van der Waals surface area contributed by atoms with Crippen molar-refractivity contribution < 1.29 is 10.0 Å². The molecule has 122 valence electrons. The van der Waals surface area contributed by atoms with Gasteiger partial charge in [0, 0.05) is 11.3 Å². The van der Waals surface area contributed by atoms with Crippen LogP contribution in [0.5, 0.6) is 0 Å². The van der Waals surface area contributed by atoms with E-state index in [4.69, 9.17) is 10.9 Å². The predicted molar refractivity (Wildman–Crippen MR) is 88.8 cm³/mol. The standard InChI is InChI=1S/C15H29N3O2S/c1-4-7-15(8-5-2,12(16)18-20)13(19)17-11-14(3)9-6-10-21-14/h20H,4-11H2,1-3H3,(H2,16,18)(H,17,19). The van der Waals surface area contributed by atoms with Crippen molar-refractivity contribution in [3.63, 3.8) is 0 Å². The van der Waals surface area contributed by atoms with Crippen molar-refractivity contribution in [2.24, 2.45) is 16.3 Å². The van der Waals surface area contributed by atoms with Gasteiger partial charge >= 0.3 is 0 Å². The molecular formula is C15H29N3O2S. The van der Waals surface area contributed by atoms with Crippen LogP contribution in [0.15, 0.2) is 5.16 Å². The summed E-state index contributed by atoms with van der Waals surface area (Å²) in [6.45, 7) is 6.85. The highest BCUT2D eigenvalue weighted by atomic mass is 32.2. The summed E-state index contributed by atoms with van der Waals surface area (Å²) >= 11 is 1.91. The first-order valence-corrected chi connectivity index (χ1v) is 8.83. The first-order chi connectivity index (χ1) is 9.94. The maximum absolute atomic E-state index is 12.8. The Bertz CT molecular complexity index is 373. The fourth-order valence-corrected chi connectivity index (χ4v) is 4.33. The number of amides is 1. The van der Waals surface area contributed by atoms with Crippen LogP contribution in [0.2, 0.25) is 0 Å². The molecule has 5 nitrogen and oxygen atoms in total. The lowest BCUT2D eigenvalue weighted by Gasteiger charge is -2.32. The van der Waals surface area contributed by atoms with Crippen LogP contribution in [0.25, 0.3) is 0 Å². The smallest absolute Gasteiger partial charge is 0.234 e. The number of carbonyl (C=O) groups is 1. The van der Waals surface area contributed by atoms with Crippen LogP contribution in [-0.4, -0.2) is 34.0 Å². The molecule has 0 aromatic carbocycles. The molecule has 1 unspecified atom stereocenters. The van der Waals surface area contributed by atoms with Gasteiger partial charge in [0.15, 0.2) is 5.84 Å². The Balaban J connectivity index is 2.83. The quantitative estimate of drug-likeness (QED) is 0.278. The van der Waals surface area contributed by atoms with Crippen LogP contribution < -0.4 is 11.1 Å². The molecule has 1 atom stereocenters. The fourth-order valence-electron chi connectivity index (χ4n) is 3.09. The zero-order valence-electron chi connectivity index (χ0n) is 13.4. The molecule has 0 bridgehead atoms. The summed E-state index contributed by atoms with van der Waals surface area (Å²) in [4.78, 5) is 12.8. The van der Waals surface area contributed by atoms with Crippen LogP contribution >= 0.6 is 11.8 Å². The van der Waals surface area contributed by atoms with Crippen molar-refractivity contribution in [2.45, 2.75) is 64.0 Å². The topological polar surface area (TPSA) is 87.7 Å². The highest BCUT2D eigenvalue weighted by Gasteiger charge is 2.42. The second kappa shape index (κ2) is 7.92. The average Bonchev–Trinajstić information content (AvgIpc) is 2.90. The molecule has 1 aliphatic heterocycles. The molecule has 0 aliphatic carbocycles. The second-order valence-corrected chi connectivity index (χ2v) is 7.83. The van der Waals surface area contributed by atoms with Crippen molar-refractivity contribution in [2.75, 3.05) is 12.3 Å². The fraction of sp³-hybridized carbons (Fsp3) is 0.867. The Labute approximate surface area is 132 Å². The third-order valence-electron chi connectivity index (χ3n) is 4.31. The first kappa shape index (κ1) is 18.1. The van der Waals surface area contributed by atoms with Crippen molar-refractivity contribution in [1.82, 2.24) is 5.32 Å². The van der Waals surface area contributed by atoms with Gasteiger partial charge in [0.25, 0.3) is 0 Å². The van der Waals surface area contributed by atoms with E-state index < -0.39 is 5.41 Å². The van der Waals surface area contributed by atoms with E-state index in [0.717, 1.165) is 25.0 Å². The number of hydrogen-bond donors (Lipinski definition) is 3. The van der Waals surface area contributed by atoms with Crippen molar-refractivity contribution in [3.8, 4) is 0 Å². The van der Waals surface area contributed by atoms with Crippen LogP contribution in [0, 0.1) is 5.41 Å². The monoisotopic (exact) mass is 315 g/mol. The molecule has 0 saturated carbocycles. The number of nitrogens with one attached hydrogen (secondary N) is 1. The zero-order valence-corrected chi connectivity index (χ0v) is 14.3. The van der Waals surface area contributed by atoms with Gasteiger partial charge in [-0.15, -0.1) is 0 Å². The molecule has 1 aliphatic rings. The van der Waals surface area contributed by atoms with E-state index >= 15 is 0 Å². The van der Waals surface area contributed by atoms with Crippen molar-refractivity contribution in [3.05, 3.63) is 0 Å². The molecule has 1 rings (SSSR count). The van der Waals surface area contributed by atoms with E-state index in [1.165, 1.54) is 6.42 Å². The van der Waals surface area contributed by atoms with Gasteiger partial charge in [0.1, 0.15) is 5.41 Å². The van der Waals surface area contributed by atoms with Gasteiger partial charge in [-0.3, -0.25) is 4.79 Å². The molecule has 0 spiro atoms. The van der Waals surface area contributed by atoms with E-state index in [2.05, 4.69) is 17.4 Å². The Morgan fingerprint density at radius 2 is 2.05 bits per heavy atom. The van der Waals surface area contributed by atoms with Gasteiger partial charge in [-0.2, -0.15) is 11.8 Å². The molecule has 1 amide bonds. The number of nitrogens with two attached hydrogens (primary N) is 1. The molecule has 1 fully saturated rings. The van der Waals surface area contributed by atoms with E-state index in [1.54, 1.807) is 0 Å². The SMILES string of the molecule is CCCC(CCC)(C(=O)NCC1(C)CCCS1)C(N)=NO. The minimum atomic E-state index is -0.877. The lowest BCUT2D eigenvalue weighted by molar-refractivity contribution is -0.128. The van der Waals surface area contributed by atoms with E-state index in [-0.39, 0.29) is 16.5 Å². The van der Waals surface area contributed by atoms with E-state index in [1.807, 2.05) is 25.6 Å². The maximum atomic E-state index is 12.8. The summed E-state index contributed by atoms with van der Waals surface area (Å²) in [5, 5.41) is 15.3. The average molecular weight is 315 g/mol.